The summed E-state index contributed by atoms with van der Waals surface area (Å²) in [6.07, 6.45) is 10.1. The van der Waals surface area contributed by atoms with E-state index in [1.807, 2.05) is 44.0 Å². The molecule has 4 heterocycles. The molecule has 0 spiro atoms. The van der Waals surface area contributed by atoms with Gasteiger partial charge in [-0.2, -0.15) is 0 Å². The highest BCUT2D eigenvalue weighted by Gasteiger charge is 2.36. The van der Waals surface area contributed by atoms with Crippen molar-refractivity contribution in [3.8, 4) is 40.5 Å². The van der Waals surface area contributed by atoms with E-state index >= 15 is 0 Å². The summed E-state index contributed by atoms with van der Waals surface area (Å²) in [5, 5.41) is 4.53. The Kier molecular flexibility index (Phi) is 10.1. The number of benzene rings is 3. The number of terminal acetylenes is 1. The first-order valence-corrected chi connectivity index (χ1v) is 18.7. The van der Waals surface area contributed by atoms with Crippen LogP contribution in [-0.4, -0.2) is 73.4 Å². The molecule has 3 amide bonds. The van der Waals surface area contributed by atoms with Crippen molar-refractivity contribution in [2.24, 2.45) is 5.92 Å². The van der Waals surface area contributed by atoms with Gasteiger partial charge in [0.2, 0.25) is 11.8 Å². The van der Waals surface area contributed by atoms with E-state index in [1.54, 1.807) is 11.8 Å². The third kappa shape index (κ3) is 6.75. The Morgan fingerprint density at radius 1 is 1.11 bits per heavy atom. The van der Waals surface area contributed by atoms with Gasteiger partial charge in [0.1, 0.15) is 30.0 Å². The Hall–Kier alpha value is -5.83. The summed E-state index contributed by atoms with van der Waals surface area (Å²) < 4.78 is 11.1. The summed E-state index contributed by atoms with van der Waals surface area (Å²) in [5.41, 5.74) is 6.70. The number of ether oxygens (including phenoxy) is 2. The van der Waals surface area contributed by atoms with Gasteiger partial charge in [-0.05, 0) is 93.3 Å². The Morgan fingerprint density at radius 2 is 1.93 bits per heavy atom. The molecule has 280 valence electrons. The number of nitrogens with one attached hydrogen (secondary N) is 3. The fourth-order valence-corrected chi connectivity index (χ4v) is 7.83. The summed E-state index contributed by atoms with van der Waals surface area (Å²) in [4.78, 5) is 58.7. The molecule has 12 heteroatoms. The van der Waals surface area contributed by atoms with Gasteiger partial charge in [-0.25, -0.2) is 14.8 Å². The van der Waals surface area contributed by atoms with E-state index in [0.717, 1.165) is 80.6 Å². The number of carbonyl (C=O) groups is 3. The van der Waals surface area contributed by atoms with Crippen LogP contribution in [0, 0.1) is 18.3 Å². The summed E-state index contributed by atoms with van der Waals surface area (Å²) >= 11 is 0. The molecule has 54 heavy (non-hydrogen) atoms. The number of fused-ring (bicyclic) bond motifs is 6. The number of hydrogen-bond donors (Lipinski definition) is 3. The number of aromatic amines is 2. The molecule has 0 unspecified atom stereocenters. The number of imidazole rings is 2. The van der Waals surface area contributed by atoms with Gasteiger partial charge >= 0.3 is 6.09 Å². The number of aromatic nitrogens is 4. The number of rotatable bonds is 10. The lowest BCUT2D eigenvalue weighted by Crippen LogP contribution is -2.49. The summed E-state index contributed by atoms with van der Waals surface area (Å²) in [7, 11) is 1.25. The standard InChI is InChI=1S/C42H47N7O5/c1-8-10-37(50)49-24(4)11-16-35(49)40-43-20-34(46-40)28-12-14-30-29(17-28)22-54-36-19-31-27(18-32(30)36)13-15-33-38(31)47-39(45-33)26(6)48(21-23(3)9-2)41(51)25(5)44-42(52)53-7/h2,12-15,17-20,23-26,35H,8,10-11,16,21-22H2,1,3-7H3,(H,43,46)(H,44,52)(H,45,47)/t23-,24+,25+,26+,35+/m1/s1. The zero-order valence-corrected chi connectivity index (χ0v) is 31.7. The van der Waals surface area contributed by atoms with Crippen molar-refractivity contribution in [2.75, 3.05) is 13.7 Å². The van der Waals surface area contributed by atoms with Crippen LogP contribution in [0.3, 0.4) is 0 Å². The van der Waals surface area contributed by atoms with Crippen molar-refractivity contribution >= 4 is 39.7 Å². The van der Waals surface area contributed by atoms with Crippen LogP contribution < -0.4 is 10.1 Å². The summed E-state index contributed by atoms with van der Waals surface area (Å²) in [6.45, 7) is 10.2. The molecule has 12 nitrogen and oxygen atoms in total. The van der Waals surface area contributed by atoms with Gasteiger partial charge in [-0.1, -0.05) is 25.1 Å². The molecule has 0 aliphatic carbocycles. The van der Waals surface area contributed by atoms with E-state index in [2.05, 4.69) is 58.5 Å². The average molecular weight is 730 g/mol. The van der Waals surface area contributed by atoms with E-state index in [-0.39, 0.29) is 36.4 Å². The van der Waals surface area contributed by atoms with Gasteiger partial charge in [0, 0.05) is 35.9 Å². The second-order valence-corrected chi connectivity index (χ2v) is 14.6. The van der Waals surface area contributed by atoms with Crippen LogP contribution in [0.25, 0.3) is 44.2 Å². The van der Waals surface area contributed by atoms with Crippen molar-refractivity contribution in [3.05, 3.63) is 65.9 Å². The molecule has 0 saturated carbocycles. The number of alkyl carbamates (subject to hydrolysis) is 1. The Labute approximate surface area is 315 Å². The van der Waals surface area contributed by atoms with Gasteiger partial charge in [-0.3, -0.25) is 9.59 Å². The number of hydrogen-bond acceptors (Lipinski definition) is 7. The molecule has 1 fully saturated rings. The van der Waals surface area contributed by atoms with E-state index in [0.29, 0.717) is 18.9 Å². The van der Waals surface area contributed by atoms with E-state index in [9.17, 15) is 14.4 Å². The molecule has 5 aromatic rings. The number of nitrogens with zero attached hydrogens (tertiary/aromatic N) is 4. The smallest absolute Gasteiger partial charge is 0.407 e. The van der Waals surface area contributed by atoms with Crippen LogP contribution in [0.2, 0.25) is 0 Å². The Bertz CT molecular complexity index is 2290. The average Bonchev–Trinajstić information content (AvgIpc) is 3.94. The first kappa shape index (κ1) is 36.5. The van der Waals surface area contributed by atoms with Crippen molar-refractivity contribution in [3.63, 3.8) is 0 Å². The predicted octanol–water partition coefficient (Wildman–Crippen LogP) is 7.42. The fraction of sp³-hybridized carbons (Fsp3) is 0.405. The zero-order valence-electron chi connectivity index (χ0n) is 31.7. The molecule has 7 rings (SSSR count). The van der Waals surface area contributed by atoms with Crippen molar-refractivity contribution < 1.29 is 23.9 Å². The highest BCUT2D eigenvalue weighted by Crippen LogP contribution is 2.43. The third-order valence-electron chi connectivity index (χ3n) is 10.8. The van der Waals surface area contributed by atoms with Gasteiger partial charge in [0.15, 0.2) is 0 Å². The van der Waals surface area contributed by atoms with Gasteiger partial charge in [0.05, 0.1) is 42.1 Å². The van der Waals surface area contributed by atoms with Crippen LogP contribution in [0.4, 0.5) is 4.79 Å². The molecule has 5 atom stereocenters. The first-order valence-electron chi connectivity index (χ1n) is 18.7. The molecule has 2 aromatic heterocycles. The molecular formula is C42H47N7O5. The highest BCUT2D eigenvalue weighted by atomic mass is 16.5. The van der Waals surface area contributed by atoms with Gasteiger partial charge in [-0.15, -0.1) is 12.3 Å². The lowest BCUT2D eigenvalue weighted by molar-refractivity contribution is -0.136. The van der Waals surface area contributed by atoms with Crippen LogP contribution in [0.15, 0.2) is 48.7 Å². The zero-order chi connectivity index (χ0) is 38.3. The topological polar surface area (TPSA) is 146 Å². The maximum absolute atomic E-state index is 13.6. The van der Waals surface area contributed by atoms with Crippen molar-refractivity contribution in [1.29, 1.82) is 0 Å². The number of H-pyrrole nitrogens is 2. The summed E-state index contributed by atoms with van der Waals surface area (Å²) in [5.74, 6) is 4.58. The molecule has 2 aliphatic heterocycles. The minimum Gasteiger partial charge on any atom is -0.488 e. The Morgan fingerprint density at radius 3 is 2.69 bits per heavy atom. The highest BCUT2D eigenvalue weighted by molar-refractivity contribution is 6.07. The second-order valence-electron chi connectivity index (χ2n) is 14.6. The third-order valence-corrected chi connectivity index (χ3v) is 10.8. The van der Waals surface area contributed by atoms with E-state index < -0.39 is 18.2 Å². The van der Waals surface area contributed by atoms with E-state index in [4.69, 9.17) is 25.9 Å². The Balaban J connectivity index is 1.16. The first-order chi connectivity index (χ1) is 26.0. The second kappa shape index (κ2) is 14.9. The number of likely N-dealkylation sites (tertiary alicyclic amines) is 1. The molecule has 3 aromatic carbocycles. The fourth-order valence-electron chi connectivity index (χ4n) is 7.83. The predicted molar refractivity (Wildman–Crippen MR) is 207 cm³/mol. The van der Waals surface area contributed by atoms with Crippen molar-refractivity contribution in [2.45, 2.75) is 91.1 Å². The lowest BCUT2D eigenvalue weighted by Gasteiger charge is -2.31. The number of amides is 3. The number of carbonyl (C=O) groups excluding carboxylic acids is 3. The molecular weight excluding hydrogens is 683 g/mol. The van der Waals surface area contributed by atoms with E-state index in [1.165, 1.54) is 7.11 Å². The molecule has 3 N–H and O–H groups in total. The van der Waals surface area contributed by atoms with Crippen LogP contribution in [0.5, 0.6) is 5.75 Å². The van der Waals surface area contributed by atoms with Crippen LogP contribution in [0.1, 0.15) is 89.6 Å². The largest absolute Gasteiger partial charge is 0.488 e. The maximum Gasteiger partial charge on any atom is 0.407 e. The quantitative estimate of drug-likeness (QED) is 0.127. The summed E-state index contributed by atoms with van der Waals surface area (Å²) in [6, 6.07) is 13.5. The molecule has 1 saturated heterocycles. The van der Waals surface area contributed by atoms with Crippen LogP contribution in [-0.2, 0) is 20.9 Å². The lowest BCUT2D eigenvalue weighted by atomic mass is 9.92. The molecule has 2 aliphatic rings. The monoisotopic (exact) mass is 729 g/mol. The van der Waals surface area contributed by atoms with Gasteiger partial charge in [0.25, 0.3) is 0 Å². The number of methoxy groups -OCH3 is 1. The van der Waals surface area contributed by atoms with Gasteiger partial charge < -0.3 is 34.6 Å². The van der Waals surface area contributed by atoms with Crippen LogP contribution >= 0.6 is 0 Å². The SMILES string of the molecule is C#C[C@@H](C)CN(C(=O)[C@H](C)NC(=O)OC)[C@@H](C)c1nc2ccc3cc4c(cc3c2[nH]1)OCc1cc(-c2cnc([C@@H]3CC[C@H](C)N3C(=O)CCC)[nH]2)ccc1-4. The minimum absolute atomic E-state index is 0.0350. The normalized spacial score (nSPS) is 17.9. The minimum atomic E-state index is -0.830. The molecule has 0 bridgehead atoms. The maximum atomic E-state index is 13.6. The molecule has 0 radical (unpaired) electrons. The van der Waals surface area contributed by atoms with Crippen molar-refractivity contribution in [1.82, 2.24) is 35.1 Å².